The minimum absolute atomic E-state index is 0.00657. The van der Waals surface area contributed by atoms with E-state index in [-0.39, 0.29) is 40.1 Å². The number of esters is 1. The van der Waals surface area contributed by atoms with Gasteiger partial charge < -0.3 is 30.1 Å². The van der Waals surface area contributed by atoms with Crippen LogP contribution in [0.4, 0.5) is 0 Å². The van der Waals surface area contributed by atoms with Crippen molar-refractivity contribution in [3.63, 3.8) is 0 Å². The van der Waals surface area contributed by atoms with Gasteiger partial charge in [-0.3, -0.25) is 9.35 Å². The first kappa shape index (κ1) is 41.1. The lowest BCUT2D eigenvalue weighted by Gasteiger charge is -2.25. The third-order valence-electron chi connectivity index (χ3n) is 7.36. The number of carbonyl (C=O) groups excluding carboxylic acids is 2. The zero-order valence-corrected chi connectivity index (χ0v) is 31.0. The predicted molar refractivity (Wildman–Crippen MR) is 196 cm³/mol. The van der Waals surface area contributed by atoms with Crippen LogP contribution in [0.25, 0.3) is 0 Å². The van der Waals surface area contributed by atoms with Crippen molar-refractivity contribution < 1.29 is 47.4 Å². The maximum Gasteiger partial charge on any atom is 0.350 e. The maximum atomic E-state index is 12.4. The topological polar surface area (TPSA) is 180 Å². The zero-order chi connectivity index (χ0) is 38.1. The van der Waals surface area contributed by atoms with Crippen molar-refractivity contribution in [2.24, 2.45) is 0 Å². The molecule has 4 aromatic rings. The summed E-state index contributed by atoms with van der Waals surface area (Å²) in [5, 5.41) is 33.2. The van der Waals surface area contributed by atoms with Gasteiger partial charge in [-0.05, 0) is 124 Å². The van der Waals surface area contributed by atoms with Gasteiger partial charge in [0.05, 0.1) is 17.4 Å². The first-order chi connectivity index (χ1) is 23.8. The van der Waals surface area contributed by atoms with Gasteiger partial charge in [0.2, 0.25) is 0 Å². The molecule has 1 aliphatic rings. The van der Waals surface area contributed by atoms with E-state index >= 15 is 0 Å². The summed E-state index contributed by atoms with van der Waals surface area (Å²) in [4.78, 5) is 24.5. The lowest BCUT2D eigenvalue weighted by atomic mass is 9.87. The summed E-state index contributed by atoms with van der Waals surface area (Å²) in [5.74, 6) is -0.311. The van der Waals surface area contributed by atoms with Crippen molar-refractivity contribution in [1.82, 2.24) is 5.32 Å². The molecular weight excluding hydrogens is 721 g/mol. The lowest BCUT2D eigenvalue weighted by molar-refractivity contribution is -0.163. The molecule has 5 N–H and O–H groups in total. The van der Waals surface area contributed by atoms with Crippen molar-refractivity contribution in [2.75, 3.05) is 19.3 Å². The van der Waals surface area contributed by atoms with Crippen molar-refractivity contribution in [1.29, 1.82) is 0 Å². The predicted octanol–water partition coefficient (Wildman–Crippen LogP) is 6.92. The molecule has 0 aliphatic carbocycles. The van der Waals surface area contributed by atoms with Gasteiger partial charge in [0, 0.05) is 28.6 Å². The molecule has 0 bridgehead atoms. The molecular formula is C37H41Cl2NO10S. The molecule has 1 atom stereocenters. The summed E-state index contributed by atoms with van der Waals surface area (Å²) in [6, 6.07) is 21.9. The number of nitrogens with one attached hydrogen (secondary N) is 1. The number of phenols is 3. The summed E-state index contributed by atoms with van der Waals surface area (Å²) in [6.07, 6.45) is 1.19. The van der Waals surface area contributed by atoms with Crippen LogP contribution in [-0.4, -0.2) is 71.1 Å². The van der Waals surface area contributed by atoms with Crippen LogP contribution in [0.2, 0.25) is 10.0 Å². The highest BCUT2D eigenvalue weighted by atomic mass is 35.5. The van der Waals surface area contributed by atoms with Crippen LogP contribution >= 0.6 is 23.2 Å². The Morgan fingerprint density at radius 2 is 1.43 bits per heavy atom. The van der Waals surface area contributed by atoms with Gasteiger partial charge in [0.25, 0.3) is 10.1 Å². The Hall–Kier alpha value is -4.33. The second-order valence-electron chi connectivity index (χ2n) is 12.4. The quantitative estimate of drug-likeness (QED) is 0.0571. The van der Waals surface area contributed by atoms with E-state index in [1.807, 2.05) is 12.1 Å². The third kappa shape index (κ3) is 12.4. The van der Waals surface area contributed by atoms with Crippen molar-refractivity contribution >= 4 is 45.1 Å². The van der Waals surface area contributed by atoms with Crippen LogP contribution < -0.4 is 10.1 Å². The minimum Gasteiger partial charge on any atom is -0.508 e. The van der Waals surface area contributed by atoms with E-state index in [0.29, 0.717) is 41.1 Å². The number of benzene rings is 4. The molecule has 1 heterocycles. The fourth-order valence-corrected chi connectivity index (χ4v) is 5.38. The van der Waals surface area contributed by atoms with Crippen LogP contribution in [0.15, 0.2) is 78.9 Å². The first-order valence-corrected chi connectivity index (χ1v) is 18.3. The highest BCUT2D eigenvalue weighted by molar-refractivity contribution is 7.85. The lowest BCUT2D eigenvalue weighted by Crippen LogP contribution is -2.40. The molecule has 51 heavy (non-hydrogen) atoms. The molecule has 4 aromatic carbocycles. The third-order valence-corrected chi connectivity index (χ3v) is 8.02. The number of fused-ring (bicyclic) bond motifs is 1. The second-order valence-corrected chi connectivity index (χ2v) is 14.7. The van der Waals surface area contributed by atoms with Gasteiger partial charge in [-0.15, -0.1) is 0 Å². The van der Waals surface area contributed by atoms with Crippen LogP contribution in [0, 0.1) is 0 Å². The Bertz CT molecular complexity index is 1910. The molecule has 0 radical (unpaired) electrons. The van der Waals surface area contributed by atoms with Gasteiger partial charge in [-0.1, -0.05) is 35.3 Å². The van der Waals surface area contributed by atoms with Crippen molar-refractivity contribution in [2.45, 2.75) is 51.7 Å². The van der Waals surface area contributed by atoms with E-state index < -0.39 is 21.7 Å². The largest absolute Gasteiger partial charge is 0.508 e. The molecule has 0 saturated carbocycles. The SMILES string of the molecule is CC(C)OC(=O)C(C)(C)Oc1ccc(C(=O)c2ccc(Cl)cc2)cc1.CS(=O)(=O)O.Oc1ccc(C2CNCCc3c2cc(O)c(O)c3Cl)cc1. The molecule has 0 spiro atoms. The molecule has 0 saturated heterocycles. The van der Waals surface area contributed by atoms with Crippen LogP contribution in [-0.2, 0) is 26.1 Å². The Morgan fingerprint density at radius 1 is 0.902 bits per heavy atom. The monoisotopic (exact) mass is 761 g/mol. The fourth-order valence-electron chi connectivity index (χ4n) is 4.96. The number of phenolic OH excluding ortho intramolecular Hbond substituents is 3. The Labute approximate surface area is 307 Å². The average molecular weight is 763 g/mol. The summed E-state index contributed by atoms with van der Waals surface area (Å²) < 4.78 is 36.8. The van der Waals surface area contributed by atoms with Gasteiger partial charge >= 0.3 is 5.97 Å². The maximum absolute atomic E-state index is 12.4. The summed E-state index contributed by atoms with van der Waals surface area (Å²) >= 11 is 12.0. The number of ketones is 1. The minimum atomic E-state index is -3.67. The van der Waals surface area contributed by atoms with E-state index in [9.17, 15) is 33.3 Å². The molecule has 0 fully saturated rings. The number of halogens is 2. The normalized spacial score (nSPS) is 14.1. The number of hydrogen-bond donors (Lipinski definition) is 5. The highest BCUT2D eigenvalue weighted by Crippen LogP contribution is 2.42. The Kier molecular flexibility index (Phi) is 14.3. The van der Waals surface area contributed by atoms with Crippen LogP contribution in [0.3, 0.4) is 0 Å². The van der Waals surface area contributed by atoms with Gasteiger partial charge in [-0.25, -0.2) is 4.79 Å². The van der Waals surface area contributed by atoms with E-state index in [1.165, 1.54) is 0 Å². The van der Waals surface area contributed by atoms with Gasteiger partial charge in [-0.2, -0.15) is 8.42 Å². The van der Waals surface area contributed by atoms with Gasteiger partial charge in [0.1, 0.15) is 11.5 Å². The van der Waals surface area contributed by atoms with Crippen LogP contribution in [0.5, 0.6) is 23.0 Å². The standard InChI is InChI=1S/C20H21ClO4.C16H16ClNO3.CH4O3S/c1-13(2)24-19(23)20(3,4)25-17-11-7-15(8-12-17)18(22)14-5-9-16(21)10-6-14;17-15-11-5-6-18-8-13(9-1-3-10(19)4-2-9)12(11)7-14(20)16(15)21;1-5(2,3)4/h5-13H,1-4H3;1-4,7,13,18-21H,5-6,8H2;1H3,(H,2,3,4). The molecule has 1 unspecified atom stereocenters. The van der Waals surface area contributed by atoms with E-state index in [4.69, 9.17) is 37.2 Å². The molecule has 274 valence electrons. The summed E-state index contributed by atoms with van der Waals surface area (Å²) in [5.41, 5.74) is 2.74. The number of ether oxygens (including phenoxy) is 2. The Balaban J connectivity index is 0.000000246. The molecule has 1 aliphatic heterocycles. The second kappa shape index (κ2) is 17.7. The molecule has 11 nitrogen and oxygen atoms in total. The number of rotatable bonds is 7. The number of aromatic hydroxyl groups is 3. The van der Waals surface area contributed by atoms with Gasteiger partial charge in [0.15, 0.2) is 22.9 Å². The van der Waals surface area contributed by atoms with E-state index in [0.717, 1.165) is 23.2 Å². The summed E-state index contributed by atoms with van der Waals surface area (Å²) in [6.45, 7) is 8.31. The molecule has 0 aromatic heterocycles. The smallest absolute Gasteiger partial charge is 0.350 e. The Morgan fingerprint density at radius 3 is 1.96 bits per heavy atom. The summed E-state index contributed by atoms with van der Waals surface area (Å²) in [7, 11) is -3.67. The molecule has 14 heteroatoms. The van der Waals surface area contributed by atoms with Crippen molar-refractivity contribution in [3.05, 3.63) is 117 Å². The average Bonchev–Trinajstić information content (AvgIpc) is 3.26. The van der Waals surface area contributed by atoms with E-state index in [2.05, 4.69) is 5.32 Å². The zero-order valence-electron chi connectivity index (χ0n) is 28.7. The van der Waals surface area contributed by atoms with Crippen LogP contribution in [0.1, 0.15) is 66.2 Å². The first-order valence-electron chi connectivity index (χ1n) is 15.7. The van der Waals surface area contributed by atoms with Crippen molar-refractivity contribution in [3.8, 4) is 23.0 Å². The molecule has 5 rings (SSSR count). The number of hydrogen-bond acceptors (Lipinski definition) is 10. The number of carbonyl (C=O) groups is 2. The molecule has 0 amide bonds. The fraction of sp³-hybridized carbons (Fsp3) is 0.297. The highest BCUT2D eigenvalue weighted by Gasteiger charge is 2.32. The van der Waals surface area contributed by atoms with E-state index in [1.54, 1.807) is 94.4 Å².